The van der Waals surface area contributed by atoms with E-state index in [1.807, 2.05) is 0 Å². The van der Waals surface area contributed by atoms with Gasteiger partial charge in [0.15, 0.2) is 6.10 Å². The molecule has 0 radical (unpaired) electrons. The number of carbonyl (C=O) groups is 3. The molecule has 0 saturated heterocycles. The van der Waals surface area contributed by atoms with Crippen molar-refractivity contribution in [3.63, 3.8) is 0 Å². The van der Waals surface area contributed by atoms with E-state index in [4.69, 9.17) is 14.3 Å². The van der Waals surface area contributed by atoms with Gasteiger partial charge in [-0.15, -0.1) is 0 Å². The van der Waals surface area contributed by atoms with Crippen LogP contribution in [0, 0.1) is 6.92 Å². The van der Waals surface area contributed by atoms with Gasteiger partial charge >= 0.3 is 17.6 Å². The second-order valence-electron chi connectivity index (χ2n) is 7.35. The van der Waals surface area contributed by atoms with Crippen LogP contribution in [-0.2, 0) is 20.8 Å². The number of hydrogen-bond donors (Lipinski definition) is 3. The van der Waals surface area contributed by atoms with Crippen molar-refractivity contribution >= 4 is 28.8 Å². The molecule has 1 amide bonds. The Kier molecular flexibility index (Phi) is 8.18. The van der Waals surface area contributed by atoms with Crippen molar-refractivity contribution in [3.8, 4) is 5.75 Å². The maximum Gasteiger partial charge on any atom is 0.336 e. The first-order valence-electron chi connectivity index (χ1n) is 10.1. The first kappa shape index (κ1) is 23.9. The van der Waals surface area contributed by atoms with Crippen LogP contribution in [-0.4, -0.2) is 40.2 Å². The molecule has 1 aromatic heterocycles. The summed E-state index contributed by atoms with van der Waals surface area (Å²) in [5, 5.41) is 21.0. The summed E-state index contributed by atoms with van der Waals surface area (Å²) in [6, 6.07) is 3.59. The van der Waals surface area contributed by atoms with Gasteiger partial charge in [0.2, 0.25) is 0 Å². The zero-order chi connectivity index (χ0) is 23.1. The van der Waals surface area contributed by atoms with E-state index in [1.165, 1.54) is 13.0 Å². The molecule has 0 saturated carbocycles. The van der Waals surface area contributed by atoms with Crippen molar-refractivity contribution < 1.29 is 33.8 Å². The molecule has 168 valence electrons. The Morgan fingerprint density at radius 1 is 1.23 bits per heavy atom. The van der Waals surface area contributed by atoms with Crippen LogP contribution in [0.25, 0.3) is 11.0 Å². The number of carbonyl (C=O) groups excluding carboxylic acids is 1. The Hall–Kier alpha value is -3.36. The van der Waals surface area contributed by atoms with Crippen molar-refractivity contribution in [3.05, 3.63) is 39.7 Å². The number of aryl methyl sites for hydroxylation is 2. The molecule has 0 fully saturated rings. The van der Waals surface area contributed by atoms with Gasteiger partial charge in [0.1, 0.15) is 17.4 Å². The summed E-state index contributed by atoms with van der Waals surface area (Å²) in [7, 11) is 0. The molecule has 0 aliphatic rings. The van der Waals surface area contributed by atoms with Gasteiger partial charge in [-0.05, 0) is 50.8 Å². The predicted octanol–water partition coefficient (Wildman–Crippen LogP) is 2.65. The summed E-state index contributed by atoms with van der Waals surface area (Å²) in [5.74, 6) is -2.86. The van der Waals surface area contributed by atoms with Crippen molar-refractivity contribution in [2.45, 2.75) is 65.0 Å². The van der Waals surface area contributed by atoms with Crippen LogP contribution >= 0.6 is 0 Å². The highest BCUT2D eigenvalue weighted by molar-refractivity contribution is 5.87. The number of fused-ring (bicyclic) bond motifs is 1. The SMILES string of the molecule is CCCCc1cc(=O)oc2c(C)c(O[C@@H](C)C(=O)N[C@@H](CCC(=O)O)C(=O)O)ccc12. The van der Waals surface area contributed by atoms with Crippen LogP contribution in [0.1, 0.15) is 50.7 Å². The van der Waals surface area contributed by atoms with Gasteiger partial charge < -0.3 is 24.7 Å². The Labute approximate surface area is 179 Å². The summed E-state index contributed by atoms with van der Waals surface area (Å²) in [5.41, 5.74) is 1.35. The molecule has 3 N–H and O–H groups in total. The molecular formula is C22H27NO8. The molecule has 2 rings (SSSR count). The molecule has 9 heteroatoms. The monoisotopic (exact) mass is 433 g/mol. The lowest BCUT2D eigenvalue weighted by Gasteiger charge is -2.20. The number of unbranched alkanes of at least 4 members (excludes halogenated alkanes) is 1. The summed E-state index contributed by atoms with van der Waals surface area (Å²) in [4.78, 5) is 46.3. The minimum Gasteiger partial charge on any atom is -0.481 e. The van der Waals surface area contributed by atoms with Crippen LogP contribution in [0.15, 0.2) is 27.4 Å². The standard InChI is InChI=1S/C22H27NO8/c1-4-5-6-14-11-19(26)31-20-12(2)17(9-7-15(14)20)30-13(3)21(27)23-16(22(28)29)8-10-18(24)25/h7,9,11,13,16H,4-6,8,10H2,1-3H3,(H,23,27)(H,24,25)(H,28,29)/t13-,16-/m0/s1. The van der Waals surface area contributed by atoms with Crippen LogP contribution in [0.2, 0.25) is 0 Å². The summed E-state index contributed by atoms with van der Waals surface area (Å²) < 4.78 is 11.1. The molecule has 0 aliphatic heterocycles. The fraction of sp³-hybridized carbons (Fsp3) is 0.455. The van der Waals surface area contributed by atoms with E-state index in [-0.39, 0.29) is 6.42 Å². The molecule has 0 spiro atoms. The lowest BCUT2D eigenvalue weighted by Crippen LogP contribution is -2.46. The van der Waals surface area contributed by atoms with E-state index in [0.717, 1.165) is 30.2 Å². The summed E-state index contributed by atoms with van der Waals surface area (Å²) in [6.07, 6.45) is 0.958. The molecule has 31 heavy (non-hydrogen) atoms. The van der Waals surface area contributed by atoms with Gasteiger partial charge in [-0.2, -0.15) is 0 Å². The number of rotatable bonds is 11. The van der Waals surface area contributed by atoms with Crippen molar-refractivity contribution in [1.82, 2.24) is 5.32 Å². The van der Waals surface area contributed by atoms with E-state index >= 15 is 0 Å². The number of hydrogen-bond acceptors (Lipinski definition) is 6. The number of carboxylic acid groups (broad SMARTS) is 2. The third-order valence-electron chi connectivity index (χ3n) is 4.93. The Bertz CT molecular complexity index is 1030. The number of amides is 1. The van der Waals surface area contributed by atoms with E-state index in [0.29, 0.717) is 16.9 Å². The van der Waals surface area contributed by atoms with Crippen LogP contribution in [0.3, 0.4) is 0 Å². The number of nitrogens with one attached hydrogen (secondary N) is 1. The molecule has 0 unspecified atom stereocenters. The predicted molar refractivity (Wildman–Crippen MR) is 112 cm³/mol. The molecule has 9 nitrogen and oxygen atoms in total. The normalized spacial score (nSPS) is 12.9. The number of carboxylic acids is 2. The second kappa shape index (κ2) is 10.6. The van der Waals surface area contributed by atoms with E-state index in [2.05, 4.69) is 12.2 Å². The first-order valence-corrected chi connectivity index (χ1v) is 10.1. The van der Waals surface area contributed by atoms with Gasteiger partial charge in [0.25, 0.3) is 5.91 Å². The van der Waals surface area contributed by atoms with Gasteiger partial charge in [0.05, 0.1) is 0 Å². The Morgan fingerprint density at radius 2 is 1.94 bits per heavy atom. The van der Waals surface area contributed by atoms with Gasteiger partial charge in [-0.3, -0.25) is 9.59 Å². The van der Waals surface area contributed by atoms with Crippen LogP contribution in [0.5, 0.6) is 5.75 Å². The molecule has 2 aromatic rings. The van der Waals surface area contributed by atoms with Crippen LogP contribution < -0.4 is 15.7 Å². The topological polar surface area (TPSA) is 143 Å². The Balaban J connectivity index is 2.21. The highest BCUT2D eigenvalue weighted by Gasteiger charge is 2.25. The van der Waals surface area contributed by atoms with E-state index in [9.17, 15) is 24.3 Å². The van der Waals surface area contributed by atoms with Crippen LogP contribution in [0.4, 0.5) is 0 Å². The van der Waals surface area contributed by atoms with Crippen molar-refractivity contribution in [1.29, 1.82) is 0 Å². The molecule has 1 heterocycles. The average Bonchev–Trinajstić information content (AvgIpc) is 2.70. The number of ether oxygens (including phenoxy) is 1. The average molecular weight is 433 g/mol. The zero-order valence-corrected chi connectivity index (χ0v) is 17.8. The number of benzene rings is 1. The molecule has 0 aliphatic carbocycles. The molecule has 2 atom stereocenters. The highest BCUT2D eigenvalue weighted by Crippen LogP contribution is 2.29. The fourth-order valence-electron chi connectivity index (χ4n) is 3.17. The fourth-order valence-corrected chi connectivity index (χ4v) is 3.17. The second-order valence-corrected chi connectivity index (χ2v) is 7.35. The van der Waals surface area contributed by atoms with Gasteiger partial charge in [0, 0.05) is 23.4 Å². The Morgan fingerprint density at radius 3 is 2.55 bits per heavy atom. The maximum atomic E-state index is 12.4. The molecule has 1 aromatic carbocycles. The highest BCUT2D eigenvalue weighted by atomic mass is 16.5. The van der Waals surface area contributed by atoms with Gasteiger partial charge in [-0.25, -0.2) is 9.59 Å². The summed E-state index contributed by atoms with van der Waals surface area (Å²) >= 11 is 0. The minimum absolute atomic E-state index is 0.246. The maximum absolute atomic E-state index is 12.4. The third-order valence-corrected chi connectivity index (χ3v) is 4.93. The van der Waals surface area contributed by atoms with Crippen molar-refractivity contribution in [2.75, 3.05) is 0 Å². The van der Waals surface area contributed by atoms with Crippen molar-refractivity contribution in [2.24, 2.45) is 0 Å². The van der Waals surface area contributed by atoms with E-state index < -0.39 is 42.0 Å². The molecular weight excluding hydrogens is 406 g/mol. The number of aliphatic carboxylic acids is 2. The smallest absolute Gasteiger partial charge is 0.336 e. The minimum atomic E-state index is -1.34. The first-order chi connectivity index (χ1) is 14.6. The zero-order valence-electron chi connectivity index (χ0n) is 17.8. The largest absolute Gasteiger partial charge is 0.481 e. The summed E-state index contributed by atoms with van der Waals surface area (Å²) in [6.45, 7) is 5.22. The lowest BCUT2D eigenvalue weighted by molar-refractivity contribution is -0.144. The molecule has 0 bridgehead atoms. The van der Waals surface area contributed by atoms with Gasteiger partial charge in [-0.1, -0.05) is 13.3 Å². The third kappa shape index (κ3) is 6.31. The lowest BCUT2D eigenvalue weighted by atomic mass is 10.0. The quantitative estimate of drug-likeness (QED) is 0.459. The van der Waals surface area contributed by atoms with E-state index in [1.54, 1.807) is 19.1 Å².